The number of rotatable bonds is 7. The van der Waals surface area contributed by atoms with Crippen molar-refractivity contribution >= 4 is 10.1 Å². The molecule has 7 heteroatoms. The normalized spacial score (nSPS) is 16.9. The second kappa shape index (κ2) is 12.1. The number of ether oxygens (including phenoxy) is 2. The van der Waals surface area contributed by atoms with Crippen LogP contribution in [0.4, 0.5) is 0 Å². The molecule has 0 spiro atoms. The largest absolute Gasteiger partial charge is 0.744 e. The Kier molecular flexibility index (Phi) is 9.52. The van der Waals surface area contributed by atoms with E-state index >= 15 is 0 Å². The van der Waals surface area contributed by atoms with E-state index in [4.69, 9.17) is 9.47 Å². The van der Waals surface area contributed by atoms with Gasteiger partial charge in [0, 0.05) is 12.0 Å². The lowest BCUT2D eigenvalue weighted by Crippen LogP contribution is -2.44. The summed E-state index contributed by atoms with van der Waals surface area (Å²) in [5.74, 6) is 2.12. The van der Waals surface area contributed by atoms with Crippen LogP contribution in [0.2, 0.25) is 0 Å². The molecule has 0 saturated carbocycles. The maximum absolute atomic E-state index is 10.4. The van der Waals surface area contributed by atoms with Crippen LogP contribution in [0.25, 0.3) is 0 Å². The maximum Gasteiger partial charge on any atom is 0.127 e. The minimum Gasteiger partial charge on any atom is -0.744 e. The van der Waals surface area contributed by atoms with Crippen molar-refractivity contribution in [2.24, 2.45) is 0 Å². The van der Waals surface area contributed by atoms with E-state index in [9.17, 15) is 13.0 Å². The van der Waals surface area contributed by atoms with Crippen LogP contribution < -0.4 is 9.47 Å². The van der Waals surface area contributed by atoms with Crippen LogP contribution in [0.1, 0.15) is 53.1 Å². The first kappa shape index (κ1) is 30.7. The number of quaternary nitrogens is 1. The molecule has 1 heterocycles. The predicted molar refractivity (Wildman–Crippen MR) is 155 cm³/mol. The van der Waals surface area contributed by atoms with Crippen molar-refractivity contribution in [3.63, 3.8) is 0 Å². The molecular formula is C32H43NO5S. The van der Waals surface area contributed by atoms with Crippen molar-refractivity contribution in [3.05, 3.63) is 88.0 Å². The van der Waals surface area contributed by atoms with Crippen LogP contribution in [-0.4, -0.2) is 50.7 Å². The summed E-state index contributed by atoms with van der Waals surface area (Å²) in [7, 11) is 2.47. The van der Waals surface area contributed by atoms with E-state index < -0.39 is 10.1 Å². The van der Waals surface area contributed by atoms with Crippen LogP contribution in [0.15, 0.2) is 59.5 Å². The van der Waals surface area contributed by atoms with Crippen molar-refractivity contribution in [3.8, 4) is 11.5 Å². The molecule has 212 valence electrons. The minimum atomic E-state index is -4.27. The standard InChI is InChI=1S/C25H36NO2.C7H8O3S/c1-18-19(2)24-22(13-14-25(4,28-24)15-16-26(5,6)7)20(3)23(18)27-17-21-11-9-8-10-12-21;1-6-2-4-7(5-3-6)11(8,9)10/h8-12H,13-17H2,1-7H3;2-5H,1H3,(H,8,9,10)/q+1;/p-1/t25-;/m0./s1. The SMILES string of the molecule is Cc1c(C)c2c(c(C)c1OCc1ccccc1)CC[C@@](C)(CC[N+](C)(C)C)O2.Cc1ccc(S(=O)(=O)[O-])cc1. The van der Waals surface area contributed by atoms with Gasteiger partial charge in [-0.15, -0.1) is 0 Å². The number of nitrogens with zero attached hydrogens (tertiary/aromatic N) is 1. The van der Waals surface area contributed by atoms with E-state index in [-0.39, 0.29) is 10.5 Å². The van der Waals surface area contributed by atoms with E-state index in [0.717, 1.165) is 47.4 Å². The summed E-state index contributed by atoms with van der Waals surface area (Å²) in [5.41, 5.74) is 7.02. The molecule has 1 aliphatic heterocycles. The van der Waals surface area contributed by atoms with Gasteiger partial charge in [-0.3, -0.25) is 0 Å². The van der Waals surface area contributed by atoms with Gasteiger partial charge in [0.1, 0.15) is 33.8 Å². The Morgan fingerprint density at radius 3 is 2.10 bits per heavy atom. The van der Waals surface area contributed by atoms with E-state index in [0.29, 0.717) is 6.61 Å². The van der Waals surface area contributed by atoms with Crippen LogP contribution >= 0.6 is 0 Å². The third kappa shape index (κ3) is 8.31. The van der Waals surface area contributed by atoms with Crippen molar-refractivity contribution in [2.75, 3.05) is 27.7 Å². The average Bonchev–Trinajstić information content (AvgIpc) is 2.86. The van der Waals surface area contributed by atoms with Gasteiger partial charge in [0.15, 0.2) is 0 Å². The summed E-state index contributed by atoms with van der Waals surface area (Å²) in [6.45, 7) is 12.3. The zero-order chi connectivity index (χ0) is 29.0. The summed E-state index contributed by atoms with van der Waals surface area (Å²) in [6, 6.07) is 16.2. The first-order valence-electron chi connectivity index (χ1n) is 13.4. The van der Waals surface area contributed by atoms with Crippen molar-refractivity contribution < 1.29 is 26.9 Å². The molecule has 39 heavy (non-hydrogen) atoms. The Labute approximate surface area is 234 Å². The zero-order valence-corrected chi connectivity index (χ0v) is 25.4. The van der Waals surface area contributed by atoms with E-state index in [2.05, 4.69) is 73.1 Å². The Morgan fingerprint density at radius 1 is 0.923 bits per heavy atom. The summed E-state index contributed by atoms with van der Waals surface area (Å²) < 4.78 is 45.1. The lowest BCUT2D eigenvalue weighted by Gasteiger charge is -2.39. The minimum absolute atomic E-state index is 0.0887. The van der Waals surface area contributed by atoms with Crippen LogP contribution in [0, 0.1) is 27.7 Å². The Hall–Kier alpha value is -2.87. The molecule has 3 aromatic rings. The van der Waals surface area contributed by atoms with Gasteiger partial charge in [0.2, 0.25) is 0 Å². The second-order valence-electron chi connectivity index (χ2n) is 11.9. The van der Waals surface area contributed by atoms with Crippen molar-refractivity contribution in [2.45, 2.75) is 71.0 Å². The summed E-state index contributed by atoms with van der Waals surface area (Å²) in [5, 5.41) is 0. The van der Waals surface area contributed by atoms with Gasteiger partial charge >= 0.3 is 0 Å². The van der Waals surface area contributed by atoms with Gasteiger partial charge in [0.05, 0.1) is 32.6 Å². The fourth-order valence-corrected chi connectivity index (χ4v) is 5.15. The molecule has 4 rings (SSSR count). The molecule has 0 fully saturated rings. The Bertz CT molecular complexity index is 1380. The molecule has 0 aliphatic carbocycles. The molecule has 0 bridgehead atoms. The average molecular weight is 554 g/mol. The van der Waals surface area contributed by atoms with Gasteiger partial charge in [-0.25, -0.2) is 8.42 Å². The number of benzene rings is 3. The highest BCUT2D eigenvalue weighted by Gasteiger charge is 2.36. The molecule has 0 N–H and O–H groups in total. The lowest BCUT2D eigenvalue weighted by atomic mass is 9.85. The molecule has 6 nitrogen and oxygen atoms in total. The number of hydrogen-bond donors (Lipinski definition) is 0. The molecule has 1 atom stereocenters. The van der Waals surface area contributed by atoms with Gasteiger partial charge < -0.3 is 18.5 Å². The molecule has 0 radical (unpaired) electrons. The fraction of sp³-hybridized carbons (Fsp3) is 0.438. The Morgan fingerprint density at radius 2 is 1.54 bits per heavy atom. The molecule has 0 aromatic heterocycles. The monoisotopic (exact) mass is 553 g/mol. The van der Waals surface area contributed by atoms with Gasteiger partial charge in [-0.1, -0.05) is 48.0 Å². The number of aryl methyl sites for hydroxylation is 1. The highest BCUT2D eigenvalue weighted by molar-refractivity contribution is 7.85. The molecule has 1 aliphatic rings. The van der Waals surface area contributed by atoms with E-state index in [1.54, 1.807) is 12.1 Å². The molecule has 0 amide bonds. The van der Waals surface area contributed by atoms with E-state index in [1.165, 1.54) is 39.9 Å². The molecular weight excluding hydrogens is 510 g/mol. The highest BCUT2D eigenvalue weighted by atomic mass is 32.2. The van der Waals surface area contributed by atoms with Gasteiger partial charge in [-0.2, -0.15) is 0 Å². The first-order chi connectivity index (χ1) is 18.1. The van der Waals surface area contributed by atoms with Crippen LogP contribution in [0.3, 0.4) is 0 Å². The maximum atomic E-state index is 10.4. The topological polar surface area (TPSA) is 75.7 Å². The molecule has 0 saturated heterocycles. The summed E-state index contributed by atoms with van der Waals surface area (Å²) in [6.07, 6.45) is 3.18. The van der Waals surface area contributed by atoms with Crippen molar-refractivity contribution in [1.29, 1.82) is 0 Å². The third-order valence-electron chi connectivity index (χ3n) is 7.41. The number of hydrogen-bond acceptors (Lipinski definition) is 5. The van der Waals surface area contributed by atoms with Crippen molar-refractivity contribution in [1.82, 2.24) is 0 Å². The van der Waals surface area contributed by atoms with E-state index in [1.807, 2.05) is 13.0 Å². The predicted octanol–water partition coefficient (Wildman–Crippen LogP) is 6.27. The quantitative estimate of drug-likeness (QED) is 0.255. The van der Waals surface area contributed by atoms with Gasteiger partial charge in [-0.05, 0) is 81.8 Å². The molecule has 3 aromatic carbocycles. The summed E-state index contributed by atoms with van der Waals surface area (Å²) in [4.78, 5) is -0.178. The zero-order valence-electron chi connectivity index (χ0n) is 24.6. The summed E-state index contributed by atoms with van der Waals surface area (Å²) >= 11 is 0. The smallest absolute Gasteiger partial charge is 0.127 e. The molecule has 0 unspecified atom stereocenters. The van der Waals surface area contributed by atoms with Crippen LogP contribution in [0.5, 0.6) is 11.5 Å². The highest BCUT2D eigenvalue weighted by Crippen LogP contribution is 2.44. The number of fused-ring (bicyclic) bond motifs is 1. The van der Waals surface area contributed by atoms with Crippen LogP contribution in [-0.2, 0) is 23.1 Å². The van der Waals surface area contributed by atoms with Gasteiger partial charge in [0.25, 0.3) is 0 Å². The Balaban J connectivity index is 0.000000320. The fourth-order valence-electron chi connectivity index (χ4n) is 4.68. The second-order valence-corrected chi connectivity index (χ2v) is 13.2. The first-order valence-corrected chi connectivity index (χ1v) is 14.8. The lowest BCUT2D eigenvalue weighted by molar-refractivity contribution is -0.871. The third-order valence-corrected chi connectivity index (χ3v) is 8.26.